The predicted molar refractivity (Wildman–Crippen MR) is 75.1 cm³/mol. The molecular weight excluding hydrogens is 256 g/mol. The van der Waals surface area contributed by atoms with Crippen molar-refractivity contribution in [2.24, 2.45) is 0 Å². The number of hydrogen-bond acceptors (Lipinski definition) is 3. The van der Waals surface area contributed by atoms with E-state index in [1.165, 1.54) is 0 Å². The van der Waals surface area contributed by atoms with Crippen LogP contribution in [0.3, 0.4) is 0 Å². The Bertz CT molecular complexity index is 656. The Balaban J connectivity index is 2.04. The van der Waals surface area contributed by atoms with Crippen molar-refractivity contribution in [1.29, 1.82) is 0 Å². The van der Waals surface area contributed by atoms with Gasteiger partial charge in [-0.1, -0.05) is 6.92 Å². The van der Waals surface area contributed by atoms with Crippen LogP contribution in [0.5, 0.6) is 0 Å². The first kappa shape index (κ1) is 13.1. The van der Waals surface area contributed by atoms with Crippen LogP contribution in [0.4, 0.5) is 0 Å². The molecular formula is C15H18N2O3. The molecule has 0 amide bonds. The van der Waals surface area contributed by atoms with Crippen molar-refractivity contribution in [3.63, 3.8) is 0 Å². The second kappa shape index (κ2) is 4.90. The summed E-state index contributed by atoms with van der Waals surface area (Å²) in [5.74, 6) is 0.102. The average Bonchev–Trinajstić information content (AvgIpc) is 2.75. The minimum absolute atomic E-state index is 0.285. The lowest BCUT2D eigenvalue weighted by Gasteiger charge is -2.36. The molecule has 1 fully saturated rings. The summed E-state index contributed by atoms with van der Waals surface area (Å²) < 4.78 is 7.59. The Morgan fingerprint density at radius 2 is 2.25 bits per heavy atom. The lowest BCUT2D eigenvalue weighted by atomic mass is 9.88. The summed E-state index contributed by atoms with van der Waals surface area (Å²) in [6, 6.07) is 5.58. The Morgan fingerprint density at radius 1 is 1.50 bits per heavy atom. The van der Waals surface area contributed by atoms with Crippen LogP contribution in [-0.4, -0.2) is 33.8 Å². The summed E-state index contributed by atoms with van der Waals surface area (Å²) in [5, 5.41) is 9.06. The quantitative estimate of drug-likeness (QED) is 0.931. The van der Waals surface area contributed by atoms with E-state index < -0.39 is 5.97 Å². The van der Waals surface area contributed by atoms with Crippen LogP contribution in [0.2, 0.25) is 0 Å². The van der Waals surface area contributed by atoms with Crippen molar-refractivity contribution >= 4 is 17.0 Å². The van der Waals surface area contributed by atoms with E-state index in [-0.39, 0.29) is 5.56 Å². The maximum Gasteiger partial charge on any atom is 0.335 e. The molecule has 1 aliphatic carbocycles. The minimum Gasteiger partial charge on any atom is -0.478 e. The molecule has 0 unspecified atom stereocenters. The Morgan fingerprint density at radius 3 is 2.85 bits per heavy atom. The molecule has 1 aliphatic rings. The zero-order valence-electron chi connectivity index (χ0n) is 11.7. The number of imidazole rings is 1. The van der Waals surface area contributed by atoms with Gasteiger partial charge in [0.25, 0.3) is 0 Å². The number of carboxylic acids is 1. The summed E-state index contributed by atoms with van der Waals surface area (Å²) in [4.78, 5) is 15.6. The summed E-state index contributed by atoms with van der Waals surface area (Å²) in [7, 11) is 1.74. The molecule has 5 heteroatoms. The van der Waals surface area contributed by atoms with Gasteiger partial charge in [0, 0.05) is 19.6 Å². The Kier molecular flexibility index (Phi) is 3.22. The molecule has 2 aromatic rings. The van der Waals surface area contributed by atoms with Gasteiger partial charge < -0.3 is 14.4 Å². The molecule has 5 nitrogen and oxygen atoms in total. The monoisotopic (exact) mass is 274 g/mol. The van der Waals surface area contributed by atoms with E-state index in [0.717, 1.165) is 36.1 Å². The van der Waals surface area contributed by atoms with Gasteiger partial charge in [0.1, 0.15) is 5.82 Å². The number of benzene rings is 1. The SMILES string of the molecule is CCc1nc2cc(C(=O)O)ccc2n1C1CC(OC)C1. The van der Waals surface area contributed by atoms with Crippen molar-refractivity contribution < 1.29 is 14.6 Å². The fourth-order valence-corrected chi connectivity index (χ4v) is 2.88. The van der Waals surface area contributed by atoms with Crippen LogP contribution in [0, 0.1) is 0 Å². The van der Waals surface area contributed by atoms with Gasteiger partial charge >= 0.3 is 5.97 Å². The Labute approximate surface area is 117 Å². The fraction of sp³-hybridized carbons (Fsp3) is 0.467. The number of methoxy groups -OCH3 is 1. The Hall–Kier alpha value is -1.88. The van der Waals surface area contributed by atoms with Crippen LogP contribution < -0.4 is 0 Å². The molecule has 3 rings (SSSR count). The van der Waals surface area contributed by atoms with Gasteiger partial charge in [-0.3, -0.25) is 0 Å². The third-order valence-electron chi connectivity index (χ3n) is 4.09. The van der Waals surface area contributed by atoms with E-state index in [1.54, 1.807) is 19.2 Å². The molecule has 20 heavy (non-hydrogen) atoms. The molecule has 1 aromatic heterocycles. The highest BCUT2D eigenvalue weighted by Gasteiger charge is 2.32. The van der Waals surface area contributed by atoms with Crippen molar-refractivity contribution in [3.05, 3.63) is 29.6 Å². The van der Waals surface area contributed by atoms with Gasteiger partial charge in [0.2, 0.25) is 0 Å². The van der Waals surface area contributed by atoms with Gasteiger partial charge in [-0.05, 0) is 31.0 Å². The molecule has 106 valence electrons. The number of aromatic nitrogens is 2. The maximum atomic E-state index is 11.0. The van der Waals surface area contributed by atoms with Crippen LogP contribution in [0.25, 0.3) is 11.0 Å². The van der Waals surface area contributed by atoms with E-state index in [1.807, 2.05) is 6.07 Å². The number of rotatable bonds is 4. The van der Waals surface area contributed by atoms with Crippen LogP contribution >= 0.6 is 0 Å². The molecule has 1 N–H and O–H groups in total. The minimum atomic E-state index is -0.914. The number of hydrogen-bond donors (Lipinski definition) is 1. The number of aromatic carboxylic acids is 1. The summed E-state index contributed by atoms with van der Waals surface area (Å²) in [6.07, 6.45) is 3.16. The first-order chi connectivity index (χ1) is 9.63. The summed E-state index contributed by atoms with van der Waals surface area (Å²) in [5.41, 5.74) is 2.07. The molecule has 1 aromatic carbocycles. The summed E-state index contributed by atoms with van der Waals surface area (Å²) in [6.45, 7) is 2.07. The fourth-order valence-electron chi connectivity index (χ4n) is 2.88. The van der Waals surface area contributed by atoms with Crippen molar-refractivity contribution in [2.75, 3.05) is 7.11 Å². The standard InChI is InChI=1S/C15H18N2O3/c1-3-14-16-12-6-9(15(18)19)4-5-13(12)17(14)10-7-11(8-10)20-2/h4-6,10-11H,3,7-8H2,1-2H3,(H,18,19). The largest absolute Gasteiger partial charge is 0.478 e. The molecule has 0 bridgehead atoms. The number of aryl methyl sites for hydroxylation is 1. The van der Waals surface area contributed by atoms with Gasteiger partial charge in [0.05, 0.1) is 22.7 Å². The number of nitrogens with zero attached hydrogens (tertiary/aromatic N) is 2. The van der Waals surface area contributed by atoms with Crippen LogP contribution in [0.15, 0.2) is 18.2 Å². The van der Waals surface area contributed by atoms with Gasteiger partial charge in [0.15, 0.2) is 0 Å². The van der Waals surface area contributed by atoms with E-state index in [0.29, 0.717) is 12.1 Å². The smallest absolute Gasteiger partial charge is 0.335 e. The lowest BCUT2D eigenvalue weighted by molar-refractivity contribution is 0.00663. The third kappa shape index (κ3) is 1.98. The number of carboxylic acid groups (broad SMARTS) is 1. The molecule has 1 saturated carbocycles. The van der Waals surface area contributed by atoms with E-state index in [9.17, 15) is 4.79 Å². The highest BCUT2D eigenvalue weighted by molar-refractivity contribution is 5.92. The van der Waals surface area contributed by atoms with E-state index in [4.69, 9.17) is 9.84 Å². The number of ether oxygens (including phenoxy) is 1. The topological polar surface area (TPSA) is 64.3 Å². The average molecular weight is 274 g/mol. The number of carbonyl (C=O) groups is 1. The third-order valence-corrected chi connectivity index (χ3v) is 4.09. The predicted octanol–water partition coefficient (Wildman–Crippen LogP) is 2.65. The lowest BCUT2D eigenvalue weighted by Crippen LogP contribution is -2.33. The van der Waals surface area contributed by atoms with Crippen molar-refractivity contribution in [2.45, 2.75) is 38.3 Å². The molecule has 0 spiro atoms. The molecule has 1 heterocycles. The first-order valence-electron chi connectivity index (χ1n) is 6.91. The van der Waals surface area contributed by atoms with Crippen LogP contribution in [-0.2, 0) is 11.2 Å². The van der Waals surface area contributed by atoms with Crippen molar-refractivity contribution in [3.8, 4) is 0 Å². The highest BCUT2D eigenvalue weighted by Crippen LogP contribution is 2.37. The van der Waals surface area contributed by atoms with Gasteiger partial charge in [-0.25, -0.2) is 9.78 Å². The zero-order chi connectivity index (χ0) is 14.3. The zero-order valence-corrected chi connectivity index (χ0v) is 11.7. The number of fused-ring (bicyclic) bond motifs is 1. The molecule has 0 atom stereocenters. The second-order valence-corrected chi connectivity index (χ2v) is 5.24. The normalized spacial score (nSPS) is 21.9. The molecule has 0 saturated heterocycles. The van der Waals surface area contributed by atoms with Gasteiger partial charge in [-0.15, -0.1) is 0 Å². The van der Waals surface area contributed by atoms with Crippen molar-refractivity contribution in [1.82, 2.24) is 9.55 Å². The summed E-state index contributed by atoms with van der Waals surface area (Å²) >= 11 is 0. The second-order valence-electron chi connectivity index (χ2n) is 5.24. The molecule has 0 radical (unpaired) electrons. The first-order valence-corrected chi connectivity index (χ1v) is 6.91. The van der Waals surface area contributed by atoms with E-state index in [2.05, 4.69) is 16.5 Å². The highest BCUT2D eigenvalue weighted by atomic mass is 16.5. The maximum absolute atomic E-state index is 11.0. The molecule has 0 aliphatic heterocycles. The van der Waals surface area contributed by atoms with Crippen LogP contribution in [0.1, 0.15) is 42.0 Å². The van der Waals surface area contributed by atoms with Gasteiger partial charge in [-0.2, -0.15) is 0 Å². The van der Waals surface area contributed by atoms with E-state index >= 15 is 0 Å².